The molecule has 2 aromatic heterocycles. The lowest BCUT2D eigenvalue weighted by Gasteiger charge is -2.19. The molecule has 0 atom stereocenters. The summed E-state index contributed by atoms with van der Waals surface area (Å²) in [6.07, 6.45) is 10.0. The second-order valence-electron chi connectivity index (χ2n) is 7.13. The Morgan fingerprint density at radius 2 is 2.04 bits per heavy atom. The number of benzene rings is 1. The van der Waals surface area contributed by atoms with Crippen LogP contribution in [-0.2, 0) is 24.1 Å². The number of hydrogen-bond acceptors (Lipinski definition) is 4. The van der Waals surface area contributed by atoms with E-state index < -0.39 is 5.91 Å². The van der Waals surface area contributed by atoms with Gasteiger partial charge < -0.3 is 4.90 Å². The molecule has 1 aliphatic heterocycles. The molecule has 0 spiro atoms. The fourth-order valence-electron chi connectivity index (χ4n) is 3.79. The van der Waals surface area contributed by atoms with Crippen LogP contribution in [-0.4, -0.2) is 45.3 Å². The number of pyridine rings is 1. The highest BCUT2D eigenvalue weighted by Gasteiger charge is 2.15. The van der Waals surface area contributed by atoms with Gasteiger partial charge >= 0.3 is 0 Å². The summed E-state index contributed by atoms with van der Waals surface area (Å²) in [6.45, 7) is 3.10. The Morgan fingerprint density at radius 1 is 1.18 bits per heavy atom. The first-order valence-corrected chi connectivity index (χ1v) is 9.60. The summed E-state index contributed by atoms with van der Waals surface area (Å²) in [6, 6.07) is 12.5. The molecule has 2 N–H and O–H groups in total. The monoisotopic (exact) mass is 376 g/mol. The molecule has 6 heteroatoms. The number of rotatable bonds is 5. The van der Waals surface area contributed by atoms with E-state index >= 15 is 0 Å². The first-order chi connectivity index (χ1) is 13.7. The maximum Gasteiger partial charge on any atom is 0.267 e. The van der Waals surface area contributed by atoms with Crippen molar-refractivity contribution in [1.82, 2.24) is 20.0 Å². The molecule has 1 aromatic carbocycles. The number of amides is 1. The number of nitrogens with zero attached hydrogens (tertiary/aromatic N) is 3. The van der Waals surface area contributed by atoms with Gasteiger partial charge in [0, 0.05) is 31.9 Å². The van der Waals surface area contributed by atoms with Crippen molar-refractivity contribution in [1.29, 1.82) is 0 Å². The van der Waals surface area contributed by atoms with Crippen molar-refractivity contribution in [2.75, 3.05) is 19.6 Å². The Morgan fingerprint density at radius 3 is 2.89 bits per heavy atom. The molecule has 0 bridgehead atoms. The van der Waals surface area contributed by atoms with Crippen LogP contribution in [0.2, 0.25) is 0 Å². The van der Waals surface area contributed by atoms with Crippen LogP contribution in [0.15, 0.2) is 54.9 Å². The first kappa shape index (κ1) is 18.4. The zero-order chi connectivity index (χ0) is 19.3. The van der Waals surface area contributed by atoms with Gasteiger partial charge in [-0.15, -0.1) is 0 Å². The van der Waals surface area contributed by atoms with Crippen LogP contribution in [0.3, 0.4) is 0 Å². The predicted octanol–water partition coefficient (Wildman–Crippen LogP) is 2.50. The molecule has 6 nitrogen and oxygen atoms in total. The second-order valence-corrected chi connectivity index (χ2v) is 7.13. The maximum absolute atomic E-state index is 11.2. The third kappa shape index (κ3) is 4.13. The minimum Gasteiger partial charge on any atom is -0.302 e. The minimum atomic E-state index is -0.520. The molecule has 1 amide bonds. The molecule has 0 saturated carbocycles. The summed E-state index contributed by atoms with van der Waals surface area (Å²) in [4.78, 5) is 13.7. The fraction of sp³-hybridized carbons (Fsp3) is 0.273. The summed E-state index contributed by atoms with van der Waals surface area (Å²) in [7, 11) is 0. The van der Waals surface area contributed by atoms with Gasteiger partial charge in [-0.2, -0.15) is 5.10 Å². The Hall–Kier alpha value is -2.96. The molecule has 3 aromatic rings. The highest BCUT2D eigenvalue weighted by Crippen LogP contribution is 2.19. The van der Waals surface area contributed by atoms with Crippen molar-refractivity contribution in [2.45, 2.75) is 19.3 Å². The van der Waals surface area contributed by atoms with Crippen molar-refractivity contribution in [3.05, 3.63) is 77.1 Å². The summed E-state index contributed by atoms with van der Waals surface area (Å²) in [5.41, 5.74) is 7.77. The van der Waals surface area contributed by atoms with Gasteiger partial charge in [0.15, 0.2) is 0 Å². The summed E-state index contributed by atoms with van der Waals surface area (Å²) < 4.78 is 1.93. The van der Waals surface area contributed by atoms with Gasteiger partial charge in [0.1, 0.15) is 0 Å². The third-order valence-corrected chi connectivity index (χ3v) is 5.37. The fourth-order valence-corrected chi connectivity index (χ4v) is 3.79. The lowest BCUT2D eigenvalue weighted by atomic mass is 10.00. The van der Waals surface area contributed by atoms with E-state index in [2.05, 4.69) is 34.3 Å². The van der Waals surface area contributed by atoms with Gasteiger partial charge in [0.25, 0.3) is 5.91 Å². The predicted molar refractivity (Wildman–Crippen MR) is 108 cm³/mol. The standard InChI is InChI=1S/C22H24N4O2/c27-22(24-28)7-5-17-4-6-18-8-12-25(13-9-19(18)15-17)14-10-20-16-23-26-11-2-1-3-21(20)26/h1-7,11,15-16,28H,8-10,12-14H2,(H,24,27). The van der Waals surface area contributed by atoms with Gasteiger partial charge in [-0.3, -0.25) is 10.0 Å². The van der Waals surface area contributed by atoms with Gasteiger partial charge in [-0.25, -0.2) is 10.00 Å². The van der Waals surface area contributed by atoms with E-state index in [1.54, 1.807) is 11.6 Å². The summed E-state index contributed by atoms with van der Waals surface area (Å²) >= 11 is 0. The molecule has 0 saturated heterocycles. The number of fused-ring (bicyclic) bond motifs is 2. The number of aromatic nitrogens is 2. The van der Waals surface area contributed by atoms with Crippen LogP contribution in [0.5, 0.6) is 0 Å². The van der Waals surface area contributed by atoms with E-state index in [1.165, 1.54) is 28.3 Å². The molecule has 0 unspecified atom stereocenters. The lowest BCUT2D eigenvalue weighted by molar-refractivity contribution is -0.124. The van der Waals surface area contributed by atoms with E-state index in [1.807, 2.05) is 29.0 Å². The zero-order valence-electron chi connectivity index (χ0n) is 15.7. The normalized spacial score (nSPS) is 14.9. The number of hydrogen-bond donors (Lipinski definition) is 2. The number of carbonyl (C=O) groups excluding carboxylic acids is 1. The lowest BCUT2D eigenvalue weighted by Crippen LogP contribution is -2.28. The van der Waals surface area contributed by atoms with Crippen molar-refractivity contribution < 1.29 is 10.0 Å². The van der Waals surface area contributed by atoms with E-state index in [0.29, 0.717) is 0 Å². The summed E-state index contributed by atoms with van der Waals surface area (Å²) in [5, 5.41) is 13.0. The molecule has 4 rings (SSSR count). The SMILES string of the molecule is O=C(C=Cc1ccc2c(c1)CCN(CCc1cnn3ccccc13)CC2)NO. The molecule has 28 heavy (non-hydrogen) atoms. The number of nitrogens with one attached hydrogen (secondary N) is 1. The third-order valence-electron chi connectivity index (χ3n) is 5.37. The van der Waals surface area contributed by atoms with E-state index in [-0.39, 0.29) is 0 Å². The highest BCUT2D eigenvalue weighted by molar-refractivity contribution is 5.90. The molecule has 0 aliphatic carbocycles. The molecule has 0 fully saturated rings. The van der Waals surface area contributed by atoms with Crippen molar-refractivity contribution >= 4 is 17.5 Å². The highest BCUT2D eigenvalue weighted by atomic mass is 16.5. The topological polar surface area (TPSA) is 69.9 Å². The number of hydroxylamine groups is 1. The van der Waals surface area contributed by atoms with Gasteiger partial charge in [-0.05, 0) is 59.7 Å². The second kappa shape index (κ2) is 8.37. The molecular formula is C22H24N4O2. The molecule has 3 heterocycles. The van der Waals surface area contributed by atoms with Gasteiger partial charge in [0.2, 0.25) is 0 Å². The molecule has 0 radical (unpaired) electrons. The summed E-state index contributed by atoms with van der Waals surface area (Å²) in [5.74, 6) is -0.520. The Kier molecular flexibility index (Phi) is 5.50. The Labute approximate surface area is 164 Å². The van der Waals surface area contributed by atoms with E-state index in [0.717, 1.165) is 44.5 Å². The Bertz CT molecular complexity index is 1010. The van der Waals surface area contributed by atoms with Crippen LogP contribution in [0, 0.1) is 0 Å². The van der Waals surface area contributed by atoms with Crippen LogP contribution in [0.1, 0.15) is 22.3 Å². The largest absolute Gasteiger partial charge is 0.302 e. The molecule has 1 aliphatic rings. The molecule has 144 valence electrons. The zero-order valence-corrected chi connectivity index (χ0v) is 15.7. The van der Waals surface area contributed by atoms with Crippen molar-refractivity contribution in [2.24, 2.45) is 0 Å². The Balaban J connectivity index is 1.39. The first-order valence-electron chi connectivity index (χ1n) is 9.60. The van der Waals surface area contributed by atoms with Crippen LogP contribution in [0.25, 0.3) is 11.6 Å². The van der Waals surface area contributed by atoms with Crippen LogP contribution < -0.4 is 5.48 Å². The minimum absolute atomic E-state index is 0.520. The molecular weight excluding hydrogens is 352 g/mol. The van der Waals surface area contributed by atoms with E-state index in [4.69, 9.17) is 5.21 Å². The van der Waals surface area contributed by atoms with Crippen molar-refractivity contribution in [3.8, 4) is 0 Å². The average molecular weight is 376 g/mol. The van der Waals surface area contributed by atoms with Crippen molar-refractivity contribution in [3.63, 3.8) is 0 Å². The smallest absolute Gasteiger partial charge is 0.267 e. The van der Waals surface area contributed by atoms with Gasteiger partial charge in [-0.1, -0.05) is 24.3 Å². The average Bonchev–Trinajstić information content (AvgIpc) is 3.04. The number of carbonyl (C=O) groups is 1. The van der Waals surface area contributed by atoms with Gasteiger partial charge in [0.05, 0.1) is 11.7 Å². The quantitative estimate of drug-likeness (QED) is 0.408. The van der Waals surface area contributed by atoms with Crippen LogP contribution >= 0.6 is 0 Å². The van der Waals surface area contributed by atoms with E-state index in [9.17, 15) is 4.79 Å². The maximum atomic E-state index is 11.2. The van der Waals surface area contributed by atoms with Crippen LogP contribution in [0.4, 0.5) is 0 Å².